The van der Waals surface area contributed by atoms with Crippen molar-refractivity contribution in [2.45, 2.75) is 50.7 Å². The molecule has 4 N–H and O–H groups in total. The Labute approximate surface area is 154 Å². The number of rotatable bonds is 5. The number of azide groups is 1. The largest absolute Gasteiger partial charge is 0.388 e. The molecule has 1 fully saturated rings. The first kappa shape index (κ1) is 18.9. The number of hydrogen-bond donors (Lipinski definition) is 3. The Morgan fingerprint density at radius 2 is 2.22 bits per heavy atom. The van der Waals surface area contributed by atoms with Crippen LogP contribution < -0.4 is 5.73 Å². The molecule has 0 aliphatic carbocycles. The second-order valence-electron chi connectivity index (χ2n) is 6.12. The van der Waals surface area contributed by atoms with Crippen LogP contribution in [0, 0.1) is 11.8 Å². The van der Waals surface area contributed by atoms with Crippen molar-refractivity contribution in [2.24, 2.45) is 5.11 Å². The molecule has 0 saturated carbocycles. The summed E-state index contributed by atoms with van der Waals surface area (Å²) in [6.07, 6.45) is -0.114. The molecule has 0 aromatic carbocycles. The minimum Gasteiger partial charge on any atom is -0.388 e. The van der Waals surface area contributed by atoms with E-state index >= 15 is 0 Å². The minimum atomic E-state index is -1.25. The van der Waals surface area contributed by atoms with Crippen molar-refractivity contribution < 1.29 is 14.9 Å². The fraction of sp³-hybridized carbons (Fsp3) is 0.562. The molecule has 2 aromatic rings. The number of hydrogen-bond acceptors (Lipinski definition) is 8. The van der Waals surface area contributed by atoms with Crippen LogP contribution in [0.5, 0.6) is 0 Å². The molecule has 142 valence electrons. The number of aliphatic hydroxyl groups is 2. The summed E-state index contributed by atoms with van der Waals surface area (Å²) in [6, 6.07) is 0. The molecule has 11 nitrogen and oxygen atoms in total. The van der Waals surface area contributed by atoms with Gasteiger partial charge in [0.25, 0.3) is 0 Å². The van der Waals surface area contributed by atoms with Crippen molar-refractivity contribution >= 4 is 17.0 Å². The standard InChI is InChI=1S/C16H20N8O3/c1-2-3-4-5-6-10-21-14(17)11-15(22-10)24(8-19-11)16-13(26)12(25)9(27-16)7-20-23-18/h8-9,12-13,16,25-26H,2-4,7H2,1H3,(H2,17,21,22)/t9-,12-,13-,16-/m1/s1. The van der Waals surface area contributed by atoms with Crippen LogP contribution in [-0.4, -0.2) is 54.6 Å². The van der Waals surface area contributed by atoms with E-state index in [1.165, 1.54) is 10.9 Å². The number of nitrogens with two attached hydrogens (primary N) is 1. The summed E-state index contributed by atoms with van der Waals surface area (Å²) in [5.74, 6) is 6.28. The van der Waals surface area contributed by atoms with Crippen molar-refractivity contribution in [1.29, 1.82) is 0 Å². The van der Waals surface area contributed by atoms with E-state index in [2.05, 4.69) is 43.7 Å². The zero-order valence-corrected chi connectivity index (χ0v) is 14.7. The van der Waals surface area contributed by atoms with Crippen molar-refractivity contribution in [3.8, 4) is 11.8 Å². The third kappa shape index (κ3) is 3.79. The van der Waals surface area contributed by atoms with Gasteiger partial charge in [0.1, 0.15) is 17.7 Å². The van der Waals surface area contributed by atoms with Crippen LogP contribution in [0.3, 0.4) is 0 Å². The smallest absolute Gasteiger partial charge is 0.208 e. The van der Waals surface area contributed by atoms with E-state index in [-0.39, 0.29) is 18.2 Å². The Balaban J connectivity index is 1.93. The summed E-state index contributed by atoms with van der Waals surface area (Å²) in [4.78, 5) is 15.3. The van der Waals surface area contributed by atoms with Crippen LogP contribution in [0.2, 0.25) is 0 Å². The molecule has 0 amide bonds. The van der Waals surface area contributed by atoms with Gasteiger partial charge in [-0.25, -0.2) is 15.0 Å². The molecule has 1 aliphatic rings. The Hall–Kier alpha value is -2.90. The third-order valence-electron chi connectivity index (χ3n) is 4.24. The van der Waals surface area contributed by atoms with Crippen molar-refractivity contribution in [3.05, 3.63) is 22.6 Å². The maximum atomic E-state index is 10.3. The average Bonchev–Trinajstić information content (AvgIpc) is 3.19. The lowest BCUT2D eigenvalue weighted by molar-refractivity contribution is -0.0321. The van der Waals surface area contributed by atoms with Gasteiger partial charge >= 0.3 is 0 Å². The average molecular weight is 372 g/mol. The Bertz CT molecular complexity index is 927. The molecular weight excluding hydrogens is 352 g/mol. The molecule has 4 atom stereocenters. The van der Waals surface area contributed by atoms with Gasteiger partial charge in [0.2, 0.25) is 5.82 Å². The van der Waals surface area contributed by atoms with Gasteiger partial charge in [-0.3, -0.25) is 4.57 Å². The van der Waals surface area contributed by atoms with Gasteiger partial charge in [0.05, 0.1) is 19.0 Å². The highest BCUT2D eigenvalue weighted by molar-refractivity contribution is 5.82. The lowest BCUT2D eigenvalue weighted by Gasteiger charge is -2.16. The fourth-order valence-corrected chi connectivity index (χ4v) is 2.81. The highest BCUT2D eigenvalue weighted by Gasteiger charge is 2.44. The maximum absolute atomic E-state index is 10.3. The Kier molecular flexibility index (Phi) is 5.73. The molecule has 2 aromatic heterocycles. The normalized spacial score (nSPS) is 24.4. The molecule has 11 heteroatoms. The predicted octanol–water partition coefficient (Wildman–Crippen LogP) is 0.880. The van der Waals surface area contributed by atoms with Crippen molar-refractivity contribution in [2.75, 3.05) is 12.3 Å². The van der Waals surface area contributed by atoms with E-state index in [0.717, 1.165) is 19.3 Å². The highest BCUT2D eigenvalue weighted by Crippen LogP contribution is 2.32. The highest BCUT2D eigenvalue weighted by atomic mass is 16.6. The zero-order valence-electron chi connectivity index (χ0n) is 14.7. The van der Waals surface area contributed by atoms with Gasteiger partial charge in [-0.05, 0) is 17.9 Å². The summed E-state index contributed by atoms with van der Waals surface area (Å²) >= 11 is 0. The van der Waals surface area contributed by atoms with Crippen LogP contribution in [-0.2, 0) is 4.74 Å². The number of nitrogen functional groups attached to an aromatic ring is 1. The molecule has 0 unspecified atom stereocenters. The summed E-state index contributed by atoms with van der Waals surface area (Å²) in [5, 5.41) is 23.9. The van der Waals surface area contributed by atoms with E-state index in [4.69, 9.17) is 16.0 Å². The molecule has 0 bridgehead atoms. The number of aliphatic hydroxyl groups excluding tert-OH is 2. The first-order valence-electron chi connectivity index (χ1n) is 8.58. The molecule has 1 saturated heterocycles. The second-order valence-corrected chi connectivity index (χ2v) is 6.12. The molecule has 27 heavy (non-hydrogen) atoms. The SMILES string of the molecule is CCCCC#Cc1nc(N)c2ncn([C@@H]3O[C@H](CN=[N+]=[N-])[C@@H](O)[C@H]3O)c2n1. The fourth-order valence-electron chi connectivity index (χ4n) is 2.81. The van der Waals surface area contributed by atoms with E-state index in [9.17, 15) is 10.2 Å². The molecular formula is C16H20N8O3. The van der Waals surface area contributed by atoms with Crippen LogP contribution in [0.4, 0.5) is 5.82 Å². The van der Waals surface area contributed by atoms with E-state index in [0.29, 0.717) is 11.2 Å². The Morgan fingerprint density at radius 3 is 2.96 bits per heavy atom. The summed E-state index contributed by atoms with van der Waals surface area (Å²) in [7, 11) is 0. The second kappa shape index (κ2) is 8.20. The van der Waals surface area contributed by atoms with Crippen LogP contribution >= 0.6 is 0 Å². The molecule has 1 aliphatic heterocycles. The summed E-state index contributed by atoms with van der Waals surface area (Å²) in [5.41, 5.74) is 15.1. The summed E-state index contributed by atoms with van der Waals surface area (Å²) in [6.45, 7) is 1.97. The molecule has 0 radical (unpaired) electrons. The van der Waals surface area contributed by atoms with E-state index < -0.39 is 24.5 Å². The number of unbranched alkanes of at least 4 members (excludes halogenated alkanes) is 2. The lowest BCUT2D eigenvalue weighted by Crippen LogP contribution is -2.32. The quantitative estimate of drug-likeness (QED) is 0.230. The van der Waals surface area contributed by atoms with Crippen LogP contribution in [0.1, 0.15) is 38.2 Å². The number of ether oxygens (including phenoxy) is 1. The topological polar surface area (TPSA) is 168 Å². The Morgan fingerprint density at radius 1 is 1.41 bits per heavy atom. The molecule has 3 heterocycles. The van der Waals surface area contributed by atoms with Gasteiger partial charge < -0.3 is 20.7 Å². The van der Waals surface area contributed by atoms with Crippen molar-refractivity contribution in [3.63, 3.8) is 0 Å². The van der Waals surface area contributed by atoms with Crippen molar-refractivity contribution in [1.82, 2.24) is 19.5 Å². The first-order valence-corrected chi connectivity index (χ1v) is 8.58. The predicted molar refractivity (Wildman–Crippen MR) is 96.1 cm³/mol. The van der Waals surface area contributed by atoms with E-state index in [1.54, 1.807) is 0 Å². The first-order chi connectivity index (χ1) is 13.1. The minimum absolute atomic E-state index is 0.108. The summed E-state index contributed by atoms with van der Waals surface area (Å²) < 4.78 is 7.12. The maximum Gasteiger partial charge on any atom is 0.208 e. The van der Waals surface area contributed by atoms with Gasteiger partial charge in [-0.15, -0.1) is 0 Å². The number of nitrogens with zero attached hydrogens (tertiary/aromatic N) is 7. The molecule has 0 spiro atoms. The van der Waals surface area contributed by atoms with Gasteiger partial charge in [-0.1, -0.05) is 24.4 Å². The van der Waals surface area contributed by atoms with Crippen LogP contribution in [0.25, 0.3) is 21.6 Å². The van der Waals surface area contributed by atoms with Gasteiger partial charge in [-0.2, -0.15) is 0 Å². The number of anilines is 1. The van der Waals surface area contributed by atoms with Gasteiger partial charge in [0.15, 0.2) is 17.7 Å². The lowest BCUT2D eigenvalue weighted by atomic mass is 10.1. The zero-order chi connectivity index (χ0) is 19.4. The number of aromatic nitrogens is 4. The van der Waals surface area contributed by atoms with Crippen LogP contribution in [0.15, 0.2) is 11.4 Å². The van der Waals surface area contributed by atoms with E-state index in [1.807, 2.05) is 0 Å². The molecule has 3 rings (SSSR count). The number of imidazole rings is 1. The third-order valence-corrected chi connectivity index (χ3v) is 4.24. The monoisotopic (exact) mass is 372 g/mol. The number of fused-ring (bicyclic) bond motifs is 1. The van der Waals surface area contributed by atoms with Gasteiger partial charge in [0, 0.05) is 11.3 Å².